The molecule has 1 nitrogen and oxygen atoms in total. The van der Waals surface area contributed by atoms with Gasteiger partial charge in [-0.3, -0.25) is 0 Å². The maximum absolute atomic E-state index is 4.80. The number of rotatable bonds is 0. The molecule has 36 valence electrons. The van der Waals surface area contributed by atoms with E-state index in [0.717, 1.165) is 0 Å². The molecule has 2 N–H and O–H groups in total. The quantitative estimate of drug-likeness (QED) is 0.224. The third-order valence-corrected chi connectivity index (χ3v) is 0.385. The van der Waals surface area contributed by atoms with Crippen LogP contribution in [0.4, 0.5) is 0 Å². The molecule has 0 saturated heterocycles. The molecule has 2 heteroatoms. The van der Waals surface area contributed by atoms with Crippen molar-refractivity contribution < 1.29 is 0 Å². The summed E-state index contributed by atoms with van der Waals surface area (Å²) < 4.78 is 0. The maximum Gasteiger partial charge on any atom is 0.196 e. The summed E-state index contributed by atoms with van der Waals surface area (Å²) in [4.78, 5) is 0. The van der Waals surface area contributed by atoms with Gasteiger partial charge >= 0.3 is 0 Å². The van der Waals surface area contributed by atoms with Crippen molar-refractivity contribution in [3.05, 3.63) is 0 Å². The lowest BCUT2D eigenvalue weighted by Crippen LogP contribution is -1.73. The van der Waals surface area contributed by atoms with E-state index in [2.05, 4.69) is 35.5 Å². The Morgan fingerprint density at radius 3 is 2.12 bits per heavy atom. The van der Waals surface area contributed by atoms with Gasteiger partial charge in [-0.2, -0.15) is 5.82 Å². The molecule has 0 bridgehead atoms. The van der Waals surface area contributed by atoms with E-state index in [-0.39, 0.29) is 0 Å². The molecule has 0 aromatic rings. The second kappa shape index (κ2) is 5.54. The molecule has 0 amide bonds. The highest BCUT2D eigenvalue weighted by molar-refractivity contribution is 6.22. The molecule has 0 heterocycles. The van der Waals surface area contributed by atoms with Crippen LogP contribution in [-0.2, 0) is 0 Å². The molecule has 8 heavy (non-hydrogen) atoms. The first-order chi connectivity index (χ1) is 3.91. The monoisotopic (exact) mass is 101 g/mol. The molecular weight excluding hydrogens is 96.9 g/mol. The molecule has 0 atom stereocenters. The third kappa shape index (κ3) is 4.54. The zero-order chi connectivity index (χ0) is 6.24. The van der Waals surface area contributed by atoms with Crippen LogP contribution in [0, 0.1) is 35.5 Å². The highest BCUT2D eigenvalue weighted by Crippen LogP contribution is 1.47. The molecule has 0 radical (unpaired) electrons. The van der Waals surface area contributed by atoms with Crippen LogP contribution in [0.3, 0.4) is 0 Å². The molecule has 0 unspecified atom stereocenters. The Hall–Kier alpha value is -1.46. The van der Waals surface area contributed by atoms with Gasteiger partial charge in [0.2, 0.25) is 0 Å². The smallest absolute Gasteiger partial charge is 0.196 e. The number of hydrogen-bond donors (Lipinski definition) is 1. The van der Waals surface area contributed by atoms with Crippen molar-refractivity contribution in [3.63, 3.8) is 0 Å². The Balaban J connectivity index is 3.75. The Morgan fingerprint density at radius 2 is 1.62 bits per heavy atom. The summed E-state index contributed by atoms with van der Waals surface area (Å²) in [6.07, 6.45) is 0. The van der Waals surface area contributed by atoms with Crippen LogP contribution in [0.1, 0.15) is 0 Å². The van der Waals surface area contributed by atoms with Crippen molar-refractivity contribution in [2.75, 3.05) is 0 Å². The summed E-state index contributed by atoms with van der Waals surface area (Å²) in [6.45, 7) is 0. The Kier molecular flexibility index (Phi) is 4.54. The van der Waals surface area contributed by atoms with Gasteiger partial charge in [0.1, 0.15) is 0 Å². The lowest BCUT2D eigenvalue weighted by molar-refractivity contribution is 1.75. The van der Waals surface area contributed by atoms with E-state index < -0.39 is 0 Å². The van der Waals surface area contributed by atoms with Crippen molar-refractivity contribution in [2.24, 2.45) is 5.73 Å². The van der Waals surface area contributed by atoms with Gasteiger partial charge in [0.05, 0.1) is 0 Å². The van der Waals surface area contributed by atoms with Crippen LogP contribution in [-0.4, -0.2) is 7.85 Å². The first-order valence-electron chi connectivity index (χ1n) is 2.04. The number of nitrogens with two attached hydrogens (primary N) is 1. The minimum atomic E-state index is 1.71. The topological polar surface area (TPSA) is 26.0 Å². The fourth-order valence-corrected chi connectivity index (χ4v) is 0.161. The average molecular weight is 101 g/mol. The normalized spacial score (nSPS) is 3.50. The summed E-state index contributed by atoms with van der Waals surface area (Å²) >= 11 is 0. The minimum absolute atomic E-state index is 1.71. The molecular formula is C6H4BN. The molecule has 0 fully saturated rings. The summed E-state index contributed by atoms with van der Waals surface area (Å²) in [5.74, 6) is 12.4. The molecule has 0 spiro atoms. The zero-order valence-corrected chi connectivity index (χ0v) is 4.58. The van der Waals surface area contributed by atoms with Crippen LogP contribution in [0.15, 0.2) is 0 Å². The van der Waals surface area contributed by atoms with Crippen LogP contribution in [0.25, 0.3) is 0 Å². The fourth-order valence-electron chi connectivity index (χ4n) is 0.161. The highest BCUT2D eigenvalue weighted by atomic mass is 14.4. The van der Waals surface area contributed by atoms with E-state index in [0.29, 0.717) is 0 Å². The van der Waals surface area contributed by atoms with E-state index in [1.54, 1.807) is 7.85 Å². The Morgan fingerprint density at radius 1 is 1.00 bits per heavy atom. The van der Waals surface area contributed by atoms with Crippen LogP contribution in [0.2, 0.25) is 0 Å². The molecule has 0 saturated carbocycles. The van der Waals surface area contributed by atoms with Crippen LogP contribution < -0.4 is 5.73 Å². The van der Waals surface area contributed by atoms with Gasteiger partial charge in [0.25, 0.3) is 0 Å². The van der Waals surface area contributed by atoms with E-state index in [1.807, 2.05) is 0 Å². The van der Waals surface area contributed by atoms with E-state index >= 15 is 0 Å². The lowest BCUT2D eigenvalue weighted by atomic mass is 10.2. The summed E-state index contributed by atoms with van der Waals surface area (Å²) in [6, 6.07) is 2.14. The largest absolute Gasteiger partial charge is 0.359 e. The summed E-state index contributed by atoms with van der Waals surface area (Å²) in [7, 11) is 1.71. The minimum Gasteiger partial charge on any atom is -0.359 e. The maximum atomic E-state index is 4.80. The molecule has 0 aromatic carbocycles. The van der Waals surface area contributed by atoms with Gasteiger partial charge < -0.3 is 5.73 Å². The van der Waals surface area contributed by atoms with Gasteiger partial charge in [-0.25, -0.2) is 0 Å². The van der Waals surface area contributed by atoms with E-state index in [4.69, 9.17) is 5.73 Å². The zero-order valence-electron chi connectivity index (χ0n) is 4.58. The van der Waals surface area contributed by atoms with Gasteiger partial charge in [0, 0.05) is 17.9 Å². The lowest BCUT2D eigenvalue weighted by Gasteiger charge is -1.52. The SMILES string of the molecule is BC#CC#CC#CN. The average Bonchev–Trinajstić information content (AvgIpc) is 1.81. The molecule has 0 aliphatic heterocycles. The predicted molar refractivity (Wildman–Crippen MR) is 36.1 cm³/mol. The second-order valence-electron chi connectivity index (χ2n) is 0.894. The molecule has 0 aromatic heterocycles. The predicted octanol–water partition coefficient (Wildman–Crippen LogP) is -1.50. The first-order valence-corrected chi connectivity index (χ1v) is 2.04. The fraction of sp³-hybridized carbons (Fsp3) is 0. The standard InChI is InChI=1S/C6H4BN/c7-5-3-1-2-4-6-8/h7-8H2. The Bertz CT molecular complexity index is 198. The van der Waals surface area contributed by atoms with Crippen molar-refractivity contribution in [1.29, 1.82) is 0 Å². The van der Waals surface area contributed by atoms with Crippen molar-refractivity contribution in [3.8, 4) is 35.5 Å². The van der Waals surface area contributed by atoms with Crippen molar-refractivity contribution >= 4 is 7.85 Å². The third-order valence-electron chi connectivity index (χ3n) is 0.385. The molecule has 0 aliphatic rings. The van der Waals surface area contributed by atoms with Gasteiger partial charge in [0.15, 0.2) is 7.85 Å². The van der Waals surface area contributed by atoms with Gasteiger partial charge in [-0.1, -0.05) is 0 Å². The van der Waals surface area contributed by atoms with Crippen LogP contribution in [0.5, 0.6) is 0 Å². The van der Waals surface area contributed by atoms with E-state index in [1.165, 1.54) is 0 Å². The van der Waals surface area contributed by atoms with Crippen LogP contribution >= 0.6 is 0 Å². The Labute approximate surface area is 50.1 Å². The van der Waals surface area contributed by atoms with Gasteiger partial charge in [-0.15, -0.1) is 0 Å². The number of hydrogen-bond acceptors (Lipinski definition) is 1. The summed E-state index contributed by atoms with van der Waals surface area (Å²) in [5, 5.41) is 0. The van der Waals surface area contributed by atoms with E-state index in [9.17, 15) is 0 Å². The van der Waals surface area contributed by atoms with Gasteiger partial charge in [-0.05, 0) is 11.8 Å². The summed E-state index contributed by atoms with van der Waals surface area (Å²) in [5.41, 5.74) is 4.80. The van der Waals surface area contributed by atoms with Crippen molar-refractivity contribution in [1.82, 2.24) is 0 Å². The first kappa shape index (κ1) is 6.54. The second-order valence-corrected chi connectivity index (χ2v) is 0.894. The molecule has 0 rings (SSSR count). The highest BCUT2D eigenvalue weighted by Gasteiger charge is 1.48. The molecule has 0 aliphatic carbocycles. The van der Waals surface area contributed by atoms with Crippen molar-refractivity contribution in [2.45, 2.75) is 0 Å².